The minimum atomic E-state index is 0.842. The van der Waals surface area contributed by atoms with Gasteiger partial charge < -0.3 is 9.47 Å². The fourth-order valence-electron chi connectivity index (χ4n) is 1.82. The highest BCUT2D eigenvalue weighted by Gasteiger charge is 2.04. The number of methoxy groups -OCH3 is 2. The second-order valence-electron chi connectivity index (χ2n) is 3.99. The van der Waals surface area contributed by atoms with Crippen LogP contribution in [0.25, 0.3) is 0 Å². The standard InChI is InChI=1S/C15H15BrO2/c1-17-13-5-3-4-11(9-13)8-12-10-14(18-2)6-7-15(12)16/h3-7,9-10H,8H2,1-2H3. The van der Waals surface area contributed by atoms with E-state index in [9.17, 15) is 0 Å². The molecule has 2 aromatic rings. The van der Waals surface area contributed by atoms with Gasteiger partial charge in [-0.3, -0.25) is 0 Å². The van der Waals surface area contributed by atoms with Gasteiger partial charge in [0.15, 0.2) is 0 Å². The molecular weight excluding hydrogens is 292 g/mol. The maximum absolute atomic E-state index is 5.25. The van der Waals surface area contributed by atoms with Crippen molar-refractivity contribution in [3.05, 3.63) is 58.1 Å². The van der Waals surface area contributed by atoms with Crippen LogP contribution in [-0.4, -0.2) is 14.2 Å². The lowest BCUT2D eigenvalue weighted by atomic mass is 10.0. The summed E-state index contributed by atoms with van der Waals surface area (Å²) in [6, 6.07) is 14.1. The fourth-order valence-corrected chi connectivity index (χ4v) is 2.20. The van der Waals surface area contributed by atoms with Gasteiger partial charge in [0.25, 0.3) is 0 Å². The van der Waals surface area contributed by atoms with Crippen LogP contribution in [0.2, 0.25) is 0 Å². The molecule has 0 spiro atoms. The third kappa shape index (κ3) is 3.05. The maximum Gasteiger partial charge on any atom is 0.119 e. The van der Waals surface area contributed by atoms with Gasteiger partial charge in [0.2, 0.25) is 0 Å². The first-order valence-corrected chi connectivity index (χ1v) is 6.47. The van der Waals surface area contributed by atoms with E-state index in [2.05, 4.69) is 22.0 Å². The van der Waals surface area contributed by atoms with Crippen LogP contribution in [0.5, 0.6) is 11.5 Å². The Balaban J connectivity index is 2.27. The minimum Gasteiger partial charge on any atom is -0.497 e. The summed E-state index contributed by atoms with van der Waals surface area (Å²) in [7, 11) is 3.36. The largest absolute Gasteiger partial charge is 0.497 e. The average molecular weight is 307 g/mol. The van der Waals surface area contributed by atoms with Crippen LogP contribution in [0.3, 0.4) is 0 Å². The highest BCUT2D eigenvalue weighted by atomic mass is 79.9. The summed E-state index contributed by atoms with van der Waals surface area (Å²) in [6.07, 6.45) is 0.842. The normalized spacial score (nSPS) is 10.2. The highest BCUT2D eigenvalue weighted by Crippen LogP contribution is 2.25. The first-order valence-electron chi connectivity index (χ1n) is 5.68. The predicted molar refractivity (Wildman–Crippen MR) is 76.5 cm³/mol. The molecule has 2 rings (SSSR count). The molecule has 0 unspecified atom stereocenters. The number of hydrogen-bond acceptors (Lipinski definition) is 2. The Morgan fingerprint density at radius 3 is 2.39 bits per heavy atom. The first-order chi connectivity index (χ1) is 8.72. The second kappa shape index (κ2) is 5.91. The lowest BCUT2D eigenvalue weighted by molar-refractivity contribution is 0.414. The van der Waals surface area contributed by atoms with Crippen LogP contribution in [0, 0.1) is 0 Å². The summed E-state index contributed by atoms with van der Waals surface area (Å²) >= 11 is 3.57. The van der Waals surface area contributed by atoms with E-state index >= 15 is 0 Å². The Hall–Kier alpha value is -1.48. The van der Waals surface area contributed by atoms with Gasteiger partial charge in [0.1, 0.15) is 11.5 Å². The molecule has 3 heteroatoms. The Morgan fingerprint density at radius 2 is 1.67 bits per heavy atom. The fraction of sp³-hybridized carbons (Fsp3) is 0.200. The van der Waals surface area contributed by atoms with Gasteiger partial charge in [-0.25, -0.2) is 0 Å². The van der Waals surface area contributed by atoms with Crippen LogP contribution in [0.4, 0.5) is 0 Å². The molecule has 0 radical (unpaired) electrons. The van der Waals surface area contributed by atoms with Gasteiger partial charge in [-0.15, -0.1) is 0 Å². The third-order valence-corrected chi connectivity index (χ3v) is 3.56. The predicted octanol–water partition coefficient (Wildman–Crippen LogP) is 4.06. The number of benzene rings is 2. The van der Waals surface area contributed by atoms with Crippen LogP contribution in [-0.2, 0) is 6.42 Å². The molecular formula is C15H15BrO2. The summed E-state index contributed by atoms with van der Waals surface area (Å²) in [5.41, 5.74) is 2.41. The van der Waals surface area contributed by atoms with E-state index in [-0.39, 0.29) is 0 Å². The SMILES string of the molecule is COc1cccc(Cc2cc(OC)ccc2Br)c1. The molecule has 0 aliphatic heterocycles. The molecule has 0 N–H and O–H groups in total. The van der Waals surface area contributed by atoms with Crippen molar-refractivity contribution in [1.29, 1.82) is 0 Å². The van der Waals surface area contributed by atoms with Crippen molar-refractivity contribution >= 4 is 15.9 Å². The van der Waals surface area contributed by atoms with Gasteiger partial charge in [-0.1, -0.05) is 28.1 Å². The second-order valence-corrected chi connectivity index (χ2v) is 4.84. The average Bonchev–Trinajstić information content (AvgIpc) is 2.41. The van der Waals surface area contributed by atoms with E-state index in [1.165, 1.54) is 11.1 Å². The van der Waals surface area contributed by atoms with Crippen molar-refractivity contribution in [3.63, 3.8) is 0 Å². The summed E-state index contributed by atoms with van der Waals surface area (Å²) in [6.45, 7) is 0. The first kappa shape index (κ1) is 13.0. The Labute approximate surface area is 116 Å². The van der Waals surface area contributed by atoms with Gasteiger partial charge in [-0.2, -0.15) is 0 Å². The van der Waals surface area contributed by atoms with Gasteiger partial charge >= 0.3 is 0 Å². The number of rotatable bonds is 4. The van der Waals surface area contributed by atoms with Gasteiger partial charge in [0, 0.05) is 4.47 Å². The zero-order valence-corrected chi connectivity index (χ0v) is 12.0. The van der Waals surface area contributed by atoms with Gasteiger partial charge in [-0.05, 0) is 47.9 Å². The number of ether oxygens (including phenoxy) is 2. The smallest absolute Gasteiger partial charge is 0.119 e. The van der Waals surface area contributed by atoms with Crippen molar-refractivity contribution < 1.29 is 9.47 Å². The molecule has 0 aliphatic rings. The Morgan fingerprint density at radius 1 is 0.944 bits per heavy atom. The van der Waals surface area contributed by atoms with E-state index in [4.69, 9.17) is 9.47 Å². The lowest BCUT2D eigenvalue weighted by Crippen LogP contribution is -1.92. The van der Waals surface area contributed by atoms with Gasteiger partial charge in [0.05, 0.1) is 14.2 Å². The molecule has 18 heavy (non-hydrogen) atoms. The summed E-state index contributed by atoms with van der Waals surface area (Å²) in [5, 5.41) is 0. The molecule has 0 bridgehead atoms. The van der Waals surface area contributed by atoms with Crippen molar-refractivity contribution in [2.75, 3.05) is 14.2 Å². The molecule has 2 nitrogen and oxygen atoms in total. The van der Waals surface area contributed by atoms with E-state index in [1.807, 2.05) is 36.4 Å². The van der Waals surface area contributed by atoms with E-state index in [0.29, 0.717) is 0 Å². The third-order valence-electron chi connectivity index (χ3n) is 2.78. The number of hydrogen-bond donors (Lipinski definition) is 0. The van der Waals surface area contributed by atoms with Crippen LogP contribution in [0.1, 0.15) is 11.1 Å². The molecule has 94 valence electrons. The van der Waals surface area contributed by atoms with E-state index < -0.39 is 0 Å². The monoisotopic (exact) mass is 306 g/mol. The molecule has 0 amide bonds. The molecule has 0 saturated heterocycles. The molecule has 0 aromatic heterocycles. The molecule has 0 saturated carbocycles. The topological polar surface area (TPSA) is 18.5 Å². The lowest BCUT2D eigenvalue weighted by Gasteiger charge is -2.08. The van der Waals surface area contributed by atoms with Crippen molar-refractivity contribution in [1.82, 2.24) is 0 Å². The van der Waals surface area contributed by atoms with Crippen molar-refractivity contribution in [2.24, 2.45) is 0 Å². The van der Waals surface area contributed by atoms with Crippen molar-refractivity contribution in [2.45, 2.75) is 6.42 Å². The summed E-state index contributed by atoms with van der Waals surface area (Å²) in [4.78, 5) is 0. The van der Waals surface area contributed by atoms with Crippen LogP contribution >= 0.6 is 15.9 Å². The number of halogens is 1. The highest BCUT2D eigenvalue weighted by molar-refractivity contribution is 9.10. The van der Waals surface area contributed by atoms with Crippen molar-refractivity contribution in [3.8, 4) is 11.5 Å². The summed E-state index contributed by atoms with van der Waals surface area (Å²) in [5.74, 6) is 1.75. The maximum atomic E-state index is 5.25. The molecule has 0 fully saturated rings. The molecule has 0 heterocycles. The Bertz CT molecular complexity index is 538. The zero-order chi connectivity index (χ0) is 13.0. The molecule has 2 aromatic carbocycles. The minimum absolute atomic E-state index is 0.842. The summed E-state index contributed by atoms with van der Waals surface area (Å²) < 4.78 is 11.6. The molecule has 0 atom stereocenters. The van der Waals surface area contributed by atoms with Crippen LogP contribution < -0.4 is 9.47 Å². The van der Waals surface area contributed by atoms with E-state index in [0.717, 1.165) is 22.4 Å². The van der Waals surface area contributed by atoms with E-state index in [1.54, 1.807) is 14.2 Å². The molecule has 0 aliphatic carbocycles. The quantitative estimate of drug-likeness (QED) is 0.848. The Kier molecular flexibility index (Phi) is 4.26. The van der Waals surface area contributed by atoms with Crippen LogP contribution in [0.15, 0.2) is 46.9 Å². The zero-order valence-electron chi connectivity index (χ0n) is 10.4.